The Hall–Kier alpha value is 0.720. The van der Waals surface area contributed by atoms with Crippen LogP contribution in [0, 0.1) is 0 Å². The summed E-state index contributed by atoms with van der Waals surface area (Å²) >= 11 is 7.60. The molecule has 2 heteroatoms. The second-order valence-electron chi connectivity index (χ2n) is 13.1. The van der Waals surface area contributed by atoms with Gasteiger partial charge in [0.1, 0.15) is 0 Å². The molecule has 0 atom stereocenters. The van der Waals surface area contributed by atoms with E-state index in [-0.39, 0.29) is 0 Å². The minimum Gasteiger partial charge on any atom is -0.0654 e. The first-order valence-corrected chi connectivity index (χ1v) is 22.1. The smallest absolute Gasteiger partial charge is 0.0654 e. The SMILES string of the molecule is CCCCCCCCCCCCCCCCP(Cl)(CC)(CC)CCCCCCCCCCCCCCCC. The van der Waals surface area contributed by atoms with Crippen LogP contribution in [0.15, 0.2) is 0 Å². The molecule has 0 radical (unpaired) electrons. The molecular weight excluding hydrogens is 499 g/mol. The third kappa shape index (κ3) is 23.4. The van der Waals surface area contributed by atoms with Gasteiger partial charge in [0.25, 0.3) is 0 Å². The van der Waals surface area contributed by atoms with Crippen LogP contribution in [0.2, 0.25) is 0 Å². The maximum absolute atomic E-state index is 7.60. The second-order valence-corrected chi connectivity index (χ2v) is 21.8. The molecule has 0 rings (SSSR count). The van der Waals surface area contributed by atoms with Crippen LogP contribution in [0.25, 0.3) is 0 Å². The van der Waals surface area contributed by atoms with Crippen molar-refractivity contribution >= 4 is 17.2 Å². The minimum atomic E-state index is -1.96. The number of rotatable bonds is 32. The maximum atomic E-state index is 7.60. The Kier molecular flexibility index (Phi) is 28.4. The van der Waals surface area contributed by atoms with Crippen LogP contribution in [0.1, 0.15) is 207 Å². The number of halogens is 1. The average molecular weight is 575 g/mol. The van der Waals surface area contributed by atoms with Crippen LogP contribution in [-0.4, -0.2) is 24.6 Å². The zero-order chi connectivity index (χ0) is 28.1. The van der Waals surface area contributed by atoms with Crippen LogP contribution in [0.5, 0.6) is 0 Å². The monoisotopic (exact) mass is 575 g/mol. The zero-order valence-electron chi connectivity index (χ0n) is 27.5. The minimum absolute atomic E-state index is 1.26. The van der Waals surface area contributed by atoms with Crippen molar-refractivity contribution in [2.24, 2.45) is 0 Å². The van der Waals surface area contributed by atoms with Crippen LogP contribution < -0.4 is 0 Å². The molecule has 0 saturated heterocycles. The number of hydrogen-bond donors (Lipinski definition) is 0. The molecular formula is C36H76ClP. The van der Waals surface area contributed by atoms with E-state index in [0.717, 1.165) is 0 Å². The Morgan fingerprint density at radius 1 is 0.289 bits per heavy atom. The normalized spacial score (nSPS) is 13.1. The van der Waals surface area contributed by atoms with E-state index in [9.17, 15) is 0 Å². The van der Waals surface area contributed by atoms with Gasteiger partial charge in [-0.1, -0.05) is 52.4 Å². The molecule has 38 heavy (non-hydrogen) atoms. The second kappa shape index (κ2) is 27.9. The molecule has 0 nitrogen and oxygen atoms in total. The van der Waals surface area contributed by atoms with Crippen molar-refractivity contribution in [3.63, 3.8) is 0 Å². The summed E-state index contributed by atoms with van der Waals surface area (Å²) in [5, 5.41) is 0. The fourth-order valence-corrected chi connectivity index (χ4v) is 11.1. The summed E-state index contributed by atoms with van der Waals surface area (Å²) in [5.74, 6) is -1.96. The van der Waals surface area contributed by atoms with Gasteiger partial charge in [0.05, 0.1) is 0 Å². The Bertz CT molecular complexity index is 422. The molecule has 0 spiro atoms. The van der Waals surface area contributed by atoms with Crippen molar-refractivity contribution in [1.29, 1.82) is 0 Å². The fraction of sp³-hybridized carbons (Fsp3) is 1.00. The van der Waals surface area contributed by atoms with E-state index in [2.05, 4.69) is 27.7 Å². The molecule has 0 fully saturated rings. The Labute approximate surface area is 248 Å². The van der Waals surface area contributed by atoms with Crippen molar-refractivity contribution in [3.05, 3.63) is 0 Å². The molecule has 0 aromatic carbocycles. The van der Waals surface area contributed by atoms with Gasteiger partial charge in [-0.3, -0.25) is 0 Å². The first kappa shape index (κ1) is 38.7. The van der Waals surface area contributed by atoms with E-state index in [4.69, 9.17) is 11.2 Å². The molecule has 0 aromatic rings. The Morgan fingerprint density at radius 3 is 0.658 bits per heavy atom. The molecule has 0 heterocycles. The topological polar surface area (TPSA) is 0 Å². The summed E-state index contributed by atoms with van der Waals surface area (Å²) in [4.78, 5) is 0. The van der Waals surface area contributed by atoms with Crippen LogP contribution in [0.4, 0.5) is 0 Å². The summed E-state index contributed by atoms with van der Waals surface area (Å²) in [6, 6.07) is 0. The third-order valence-electron chi connectivity index (χ3n) is 9.72. The van der Waals surface area contributed by atoms with E-state index in [0.29, 0.717) is 0 Å². The summed E-state index contributed by atoms with van der Waals surface area (Å²) in [7, 11) is 0. The molecule has 0 aromatic heterocycles. The van der Waals surface area contributed by atoms with E-state index < -0.39 is 5.96 Å². The molecule has 0 saturated carbocycles. The molecule has 0 bridgehead atoms. The van der Waals surface area contributed by atoms with Crippen molar-refractivity contribution in [3.8, 4) is 0 Å². The predicted molar refractivity (Wildman–Crippen MR) is 184 cm³/mol. The molecule has 0 aliphatic rings. The fourth-order valence-electron chi connectivity index (χ4n) is 6.37. The van der Waals surface area contributed by atoms with Crippen molar-refractivity contribution in [1.82, 2.24) is 0 Å². The predicted octanol–water partition coefficient (Wildman–Crippen LogP) is 14.7. The van der Waals surface area contributed by atoms with E-state index in [1.54, 1.807) is 0 Å². The summed E-state index contributed by atoms with van der Waals surface area (Å²) in [5.41, 5.74) is 0. The van der Waals surface area contributed by atoms with Gasteiger partial charge < -0.3 is 0 Å². The average Bonchev–Trinajstić information content (AvgIpc) is 2.93. The Morgan fingerprint density at radius 2 is 0.474 bits per heavy atom. The van der Waals surface area contributed by atoms with Gasteiger partial charge in [-0.05, 0) is 0 Å². The van der Waals surface area contributed by atoms with Gasteiger partial charge in [-0.25, -0.2) is 0 Å². The summed E-state index contributed by atoms with van der Waals surface area (Å²) in [6.45, 7) is 9.42. The zero-order valence-corrected chi connectivity index (χ0v) is 29.1. The van der Waals surface area contributed by atoms with Crippen LogP contribution in [0.3, 0.4) is 0 Å². The molecule has 0 unspecified atom stereocenters. The summed E-state index contributed by atoms with van der Waals surface area (Å²) < 4.78 is 0. The van der Waals surface area contributed by atoms with E-state index in [1.165, 1.54) is 204 Å². The number of hydrogen-bond acceptors (Lipinski definition) is 0. The van der Waals surface area contributed by atoms with E-state index >= 15 is 0 Å². The quantitative estimate of drug-likeness (QED) is 0.0553. The van der Waals surface area contributed by atoms with Gasteiger partial charge in [0.2, 0.25) is 0 Å². The number of unbranched alkanes of at least 4 members (excludes halogenated alkanes) is 26. The first-order chi connectivity index (χ1) is 18.5. The van der Waals surface area contributed by atoms with Gasteiger partial charge >= 0.3 is 197 Å². The van der Waals surface area contributed by atoms with Crippen LogP contribution in [-0.2, 0) is 0 Å². The van der Waals surface area contributed by atoms with Gasteiger partial charge in [-0.2, -0.15) is 0 Å². The summed E-state index contributed by atoms with van der Waals surface area (Å²) in [6.07, 6.45) is 45.7. The first-order valence-electron chi connectivity index (χ1n) is 18.3. The van der Waals surface area contributed by atoms with Gasteiger partial charge in [0, 0.05) is 0 Å². The van der Waals surface area contributed by atoms with Gasteiger partial charge in [-0.15, -0.1) is 0 Å². The van der Waals surface area contributed by atoms with E-state index in [1.807, 2.05) is 0 Å². The van der Waals surface area contributed by atoms with Crippen molar-refractivity contribution < 1.29 is 0 Å². The van der Waals surface area contributed by atoms with Crippen molar-refractivity contribution in [2.75, 3.05) is 24.6 Å². The molecule has 0 aliphatic heterocycles. The van der Waals surface area contributed by atoms with Crippen LogP contribution >= 0.6 is 17.2 Å². The third-order valence-corrected chi connectivity index (χ3v) is 18.2. The van der Waals surface area contributed by atoms with Gasteiger partial charge in [0.15, 0.2) is 0 Å². The standard InChI is InChI=1S/C36H76ClP/c1-5-9-11-13-15-17-19-21-23-25-27-29-31-33-35-38(37,7-3,8-4)36-34-32-30-28-26-24-22-20-18-16-14-12-10-6-2/h5-36H2,1-4H3. The molecule has 232 valence electrons. The Balaban J connectivity index is 3.70. The molecule has 0 N–H and O–H groups in total. The molecule has 0 amide bonds. The van der Waals surface area contributed by atoms with Crippen molar-refractivity contribution in [2.45, 2.75) is 207 Å². The molecule has 0 aliphatic carbocycles.